The lowest BCUT2D eigenvalue weighted by Crippen LogP contribution is -2.34. The van der Waals surface area contributed by atoms with Gasteiger partial charge in [0.1, 0.15) is 5.60 Å². The van der Waals surface area contributed by atoms with Gasteiger partial charge < -0.3 is 4.74 Å². The third-order valence-electron chi connectivity index (χ3n) is 5.02. The molecule has 1 atom stereocenters. The molecule has 1 fully saturated rings. The SMILES string of the molecule is CCC(C#CCN1CCCC[C@@H]1c1cccnc1)(CC)OCCC#N. The van der Waals surface area contributed by atoms with Gasteiger partial charge in [0.15, 0.2) is 0 Å². The van der Waals surface area contributed by atoms with Gasteiger partial charge in [-0.1, -0.05) is 38.2 Å². The second-order valence-corrected chi connectivity index (χ2v) is 6.53. The summed E-state index contributed by atoms with van der Waals surface area (Å²) in [5.41, 5.74) is 0.864. The van der Waals surface area contributed by atoms with E-state index >= 15 is 0 Å². The fraction of sp³-hybridized carbons (Fsp3) is 0.619. The van der Waals surface area contributed by atoms with Crippen LogP contribution in [0.4, 0.5) is 0 Å². The number of hydrogen-bond donors (Lipinski definition) is 0. The molecule has 134 valence electrons. The number of ether oxygens (including phenoxy) is 1. The van der Waals surface area contributed by atoms with Crippen LogP contribution in [0.15, 0.2) is 24.5 Å². The summed E-state index contributed by atoms with van der Waals surface area (Å²) >= 11 is 0. The lowest BCUT2D eigenvalue weighted by molar-refractivity contribution is -0.00337. The van der Waals surface area contributed by atoms with Crippen molar-refractivity contribution in [1.82, 2.24) is 9.88 Å². The van der Waals surface area contributed by atoms with Gasteiger partial charge in [-0.2, -0.15) is 5.26 Å². The smallest absolute Gasteiger partial charge is 0.128 e. The van der Waals surface area contributed by atoms with Gasteiger partial charge in [0.2, 0.25) is 0 Å². The van der Waals surface area contributed by atoms with E-state index in [1.807, 2.05) is 18.5 Å². The molecule has 4 heteroatoms. The van der Waals surface area contributed by atoms with Crippen molar-refractivity contribution in [3.05, 3.63) is 30.1 Å². The Kier molecular flexibility index (Phi) is 7.92. The summed E-state index contributed by atoms with van der Waals surface area (Å²) in [5, 5.41) is 8.71. The number of nitrogens with zero attached hydrogens (tertiary/aromatic N) is 3. The molecule has 1 aromatic rings. The number of hydrogen-bond acceptors (Lipinski definition) is 4. The molecule has 1 aliphatic heterocycles. The minimum absolute atomic E-state index is 0.411. The largest absolute Gasteiger partial charge is 0.361 e. The number of rotatable bonds is 7. The van der Waals surface area contributed by atoms with Gasteiger partial charge in [0.25, 0.3) is 0 Å². The van der Waals surface area contributed by atoms with Crippen LogP contribution in [0.25, 0.3) is 0 Å². The van der Waals surface area contributed by atoms with Crippen molar-refractivity contribution < 1.29 is 4.74 Å². The molecular formula is C21H29N3O. The van der Waals surface area contributed by atoms with Crippen molar-refractivity contribution >= 4 is 0 Å². The third kappa shape index (κ3) is 5.56. The van der Waals surface area contributed by atoms with Gasteiger partial charge in [0, 0.05) is 18.4 Å². The summed E-state index contributed by atoms with van der Waals surface area (Å²) in [6.07, 6.45) is 9.55. The topological polar surface area (TPSA) is 49.2 Å². The fourth-order valence-corrected chi connectivity index (χ4v) is 3.39. The minimum Gasteiger partial charge on any atom is -0.361 e. The zero-order valence-electron chi connectivity index (χ0n) is 15.5. The van der Waals surface area contributed by atoms with Crippen LogP contribution < -0.4 is 0 Å². The van der Waals surface area contributed by atoms with Gasteiger partial charge in [-0.3, -0.25) is 9.88 Å². The van der Waals surface area contributed by atoms with Crippen LogP contribution >= 0.6 is 0 Å². The quantitative estimate of drug-likeness (QED) is 0.554. The highest BCUT2D eigenvalue weighted by Crippen LogP contribution is 2.30. The van der Waals surface area contributed by atoms with E-state index in [2.05, 4.69) is 47.7 Å². The molecule has 4 nitrogen and oxygen atoms in total. The van der Waals surface area contributed by atoms with Crippen molar-refractivity contribution in [2.45, 2.75) is 64.0 Å². The Morgan fingerprint density at radius 2 is 2.20 bits per heavy atom. The molecule has 0 amide bonds. The van der Waals surface area contributed by atoms with Crippen LogP contribution in [0, 0.1) is 23.2 Å². The van der Waals surface area contributed by atoms with Gasteiger partial charge in [-0.15, -0.1) is 0 Å². The lowest BCUT2D eigenvalue weighted by atomic mass is 9.96. The van der Waals surface area contributed by atoms with Crippen LogP contribution in [-0.4, -0.2) is 35.2 Å². The second kappa shape index (κ2) is 10.2. The molecule has 2 rings (SSSR count). The van der Waals surface area contributed by atoms with E-state index in [1.165, 1.54) is 24.8 Å². The summed E-state index contributed by atoms with van der Waals surface area (Å²) < 4.78 is 5.94. The van der Waals surface area contributed by atoms with E-state index < -0.39 is 5.60 Å². The van der Waals surface area contributed by atoms with Crippen LogP contribution in [-0.2, 0) is 4.74 Å². The zero-order valence-corrected chi connectivity index (χ0v) is 15.5. The Balaban J connectivity index is 2.04. The third-order valence-corrected chi connectivity index (χ3v) is 5.02. The first-order valence-electron chi connectivity index (χ1n) is 9.39. The molecular weight excluding hydrogens is 310 g/mol. The Hall–Kier alpha value is -1.88. The summed E-state index contributed by atoms with van der Waals surface area (Å²) in [5.74, 6) is 6.74. The fourth-order valence-electron chi connectivity index (χ4n) is 3.39. The number of piperidine rings is 1. The van der Waals surface area contributed by atoms with Gasteiger partial charge in [-0.05, 0) is 43.9 Å². The van der Waals surface area contributed by atoms with Crippen molar-refractivity contribution in [2.75, 3.05) is 19.7 Å². The summed E-state index contributed by atoms with van der Waals surface area (Å²) in [6, 6.07) is 6.72. The Morgan fingerprint density at radius 1 is 1.36 bits per heavy atom. The number of aromatic nitrogens is 1. The Labute approximate surface area is 152 Å². The average Bonchev–Trinajstić information content (AvgIpc) is 2.68. The zero-order chi connectivity index (χ0) is 18.0. The molecule has 0 saturated carbocycles. The summed E-state index contributed by atoms with van der Waals surface area (Å²) in [4.78, 5) is 6.73. The molecule has 0 bridgehead atoms. The van der Waals surface area contributed by atoms with Crippen LogP contribution in [0.1, 0.15) is 64.0 Å². The first kappa shape index (κ1) is 19.4. The number of pyridine rings is 1. The standard InChI is InChI=1S/C21H29N3O/c1-3-21(4-2,25-17-9-13-22)12-8-16-24-15-6-5-11-20(24)19-10-7-14-23-18-19/h7,10,14,18,20H,3-6,9,11,15-17H2,1-2H3/t20-/m1/s1. The lowest BCUT2D eigenvalue weighted by Gasteiger charge is -2.34. The normalized spacial score (nSPS) is 18.2. The second-order valence-electron chi connectivity index (χ2n) is 6.53. The van der Waals surface area contributed by atoms with Crippen molar-refractivity contribution in [1.29, 1.82) is 5.26 Å². The molecule has 0 radical (unpaired) electrons. The molecule has 1 aromatic heterocycles. The number of likely N-dealkylation sites (tertiary alicyclic amines) is 1. The predicted molar refractivity (Wildman–Crippen MR) is 99.7 cm³/mol. The van der Waals surface area contributed by atoms with Crippen molar-refractivity contribution in [2.24, 2.45) is 0 Å². The highest BCUT2D eigenvalue weighted by Gasteiger charge is 2.25. The maximum absolute atomic E-state index is 8.71. The Morgan fingerprint density at radius 3 is 2.88 bits per heavy atom. The molecule has 0 aliphatic carbocycles. The van der Waals surface area contributed by atoms with E-state index in [9.17, 15) is 0 Å². The maximum atomic E-state index is 8.71. The minimum atomic E-state index is -0.420. The number of nitriles is 1. The van der Waals surface area contributed by atoms with Gasteiger partial charge in [0.05, 0.1) is 25.6 Å². The molecule has 0 N–H and O–H groups in total. The molecule has 2 heterocycles. The van der Waals surface area contributed by atoms with Crippen molar-refractivity contribution in [3.8, 4) is 17.9 Å². The highest BCUT2D eigenvalue weighted by atomic mass is 16.5. The first-order valence-corrected chi connectivity index (χ1v) is 9.39. The van der Waals surface area contributed by atoms with E-state index in [-0.39, 0.29) is 0 Å². The molecule has 1 saturated heterocycles. The maximum Gasteiger partial charge on any atom is 0.128 e. The van der Waals surface area contributed by atoms with Gasteiger partial charge in [-0.25, -0.2) is 0 Å². The average molecular weight is 339 g/mol. The van der Waals surface area contributed by atoms with E-state index in [4.69, 9.17) is 10.00 Å². The highest BCUT2D eigenvalue weighted by molar-refractivity contribution is 5.18. The molecule has 0 spiro atoms. The monoisotopic (exact) mass is 339 g/mol. The van der Waals surface area contributed by atoms with Gasteiger partial charge >= 0.3 is 0 Å². The molecule has 0 aromatic carbocycles. The Bertz CT molecular complexity index is 608. The summed E-state index contributed by atoms with van der Waals surface area (Å²) in [6.45, 7) is 6.49. The van der Waals surface area contributed by atoms with E-state index in [0.717, 1.165) is 25.9 Å². The molecule has 0 unspecified atom stereocenters. The van der Waals surface area contributed by atoms with E-state index in [0.29, 0.717) is 19.1 Å². The molecule has 1 aliphatic rings. The van der Waals surface area contributed by atoms with Crippen LogP contribution in [0.3, 0.4) is 0 Å². The van der Waals surface area contributed by atoms with Crippen molar-refractivity contribution in [3.63, 3.8) is 0 Å². The van der Waals surface area contributed by atoms with Crippen LogP contribution in [0.5, 0.6) is 0 Å². The first-order chi connectivity index (χ1) is 12.2. The van der Waals surface area contributed by atoms with Crippen LogP contribution in [0.2, 0.25) is 0 Å². The predicted octanol–water partition coefficient (Wildman–Crippen LogP) is 4.10. The molecule has 25 heavy (non-hydrogen) atoms. The summed E-state index contributed by atoms with van der Waals surface area (Å²) in [7, 11) is 0. The van der Waals surface area contributed by atoms with E-state index in [1.54, 1.807) is 0 Å².